The molecule has 1 aliphatic carbocycles. The first-order valence-corrected chi connectivity index (χ1v) is 13.0. The first-order chi connectivity index (χ1) is 16.0. The number of hydrogen-bond acceptors (Lipinski definition) is 5. The zero-order chi connectivity index (χ0) is 24.7. The lowest BCUT2D eigenvalue weighted by Crippen LogP contribution is -2.67. The second-order valence-electron chi connectivity index (χ2n) is 10.1. The van der Waals surface area contributed by atoms with E-state index in [2.05, 4.69) is 10.3 Å². The van der Waals surface area contributed by atoms with Gasteiger partial charge < -0.3 is 10.1 Å². The van der Waals surface area contributed by atoms with Crippen molar-refractivity contribution in [3.05, 3.63) is 29.6 Å². The number of nitrogens with one attached hydrogen (secondary N) is 1. The van der Waals surface area contributed by atoms with E-state index in [1.807, 2.05) is 39.1 Å². The Kier molecular flexibility index (Phi) is 6.73. The van der Waals surface area contributed by atoms with Crippen molar-refractivity contribution in [1.29, 1.82) is 0 Å². The highest BCUT2D eigenvalue weighted by Gasteiger charge is 2.54. The summed E-state index contributed by atoms with van der Waals surface area (Å²) in [4.78, 5) is 14.5. The molecule has 2 aromatic heterocycles. The van der Waals surface area contributed by atoms with Crippen molar-refractivity contribution in [1.82, 2.24) is 19.0 Å². The summed E-state index contributed by atoms with van der Waals surface area (Å²) in [5.74, 6) is -2.46. The number of carbonyl (C=O) groups is 1. The first-order valence-electron chi connectivity index (χ1n) is 11.6. The molecule has 0 atom stereocenters. The molecule has 1 amide bonds. The number of pyridine rings is 1. The fourth-order valence-corrected chi connectivity index (χ4v) is 6.72. The van der Waals surface area contributed by atoms with Crippen LogP contribution in [-0.4, -0.2) is 66.8 Å². The third-order valence-corrected chi connectivity index (χ3v) is 8.57. The van der Waals surface area contributed by atoms with Crippen LogP contribution in [0.3, 0.4) is 0 Å². The summed E-state index contributed by atoms with van der Waals surface area (Å²) in [5.41, 5.74) is 2.39. The molecule has 3 fully saturated rings. The average molecular weight is 499 g/mol. The fourth-order valence-electron chi connectivity index (χ4n) is 4.65. The Morgan fingerprint density at radius 1 is 1.21 bits per heavy atom. The van der Waals surface area contributed by atoms with E-state index in [1.165, 1.54) is 0 Å². The minimum Gasteiger partial charge on any atom is -0.380 e. The normalized spacial score (nSPS) is 22.1. The number of hydrogen-bond donors (Lipinski definition) is 1. The van der Waals surface area contributed by atoms with Gasteiger partial charge in [0.2, 0.25) is 12.3 Å². The van der Waals surface area contributed by atoms with Gasteiger partial charge in [-0.05, 0) is 37.3 Å². The zero-order valence-corrected chi connectivity index (χ0v) is 20.6. The van der Waals surface area contributed by atoms with Crippen molar-refractivity contribution in [3.8, 4) is 0 Å². The quantitative estimate of drug-likeness (QED) is 0.640. The van der Waals surface area contributed by atoms with Crippen LogP contribution in [0.15, 0.2) is 23.4 Å². The molecule has 4 heterocycles. The number of amides is 1. The van der Waals surface area contributed by atoms with Crippen molar-refractivity contribution >= 4 is 22.1 Å². The van der Waals surface area contributed by atoms with Crippen LogP contribution >= 0.6 is 0 Å². The van der Waals surface area contributed by atoms with Crippen LogP contribution in [0.1, 0.15) is 56.7 Å². The Morgan fingerprint density at radius 3 is 2.38 bits per heavy atom. The maximum absolute atomic E-state index is 13.2. The number of aryl methyl sites for hydroxylation is 1. The van der Waals surface area contributed by atoms with Gasteiger partial charge in [-0.15, -0.1) is 0 Å². The van der Waals surface area contributed by atoms with E-state index in [0.29, 0.717) is 61.9 Å². The van der Waals surface area contributed by atoms with Crippen molar-refractivity contribution in [2.75, 3.05) is 26.3 Å². The zero-order valence-electron chi connectivity index (χ0n) is 19.8. The van der Waals surface area contributed by atoms with Crippen molar-refractivity contribution in [2.45, 2.75) is 69.4 Å². The standard InChI is InChI=1S/C16H21N3O3S.C7H11F2NO/c1-11(2)14-15(19-6-12(3)4-5-13(19)17-14)23(20,21)18-7-16(8-18)9-22-10-16;8-7(9)3-1-6(2-4-7)10-5-11/h4-6,11H,7-10H2,1-3H3;5-6H,1-4H2,(H,10,11). The number of ether oxygens (including phenoxy) is 1. The monoisotopic (exact) mass is 498 g/mol. The summed E-state index contributed by atoms with van der Waals surface area (Å²) in [7, 11) is -3.55. The van der Waals surface area contributed by atoms with Crippen LogP contribution in [0.2, 0.25) is 0 Å². The summed E-state index contributed by atoms with van der Waals surface area (Å²) in [6.07, 6.45) is 3.02. The lowest BCUT2D eigenvalue weighted by Gasteiger charge is -2.53. The molecular formula is C23H32F2N4O4S. The van der Waals surface area contributed by atoms with E-state index in [4.69, 9.17) is 4.74 Å². The molecule has 34 heavy (non-hydrogen) atoms. The highest BCUT2D eigenvalue weighted by Crippen LogP contribution is 2.41. The van der Waals surface area contributed by atoms with Gasteiger partial charge in [-0.3, -0.25) is 9.20 Å². The van der Waals surface area contributed by atoms with E-state index in [9.17, 15) is 22.0 Å². The van der Waals surface area contributed by atoms with E-state index in [-0.39, 0.29) is 30.2 Å². The van der Waals surface area contributed by atoms with Gasteiger partial charge in [0.25, 0.3) is 10.0 Å². The molecule has 0 unspecified atom stereocenters. The number of alkyl halides is 2. The van der Waals surface area contributed by atoms with Gasteiger partial charge >= 0.3 is 0 Å². The summed E-state index contributed by atoms with van der Waals surface area (Å²) < 4.78 is 59.9. The van der Waals surface area contributed by atoms with Gasteiger partial charge in [-0.25, -0.2) is 22.2 Å². The third kappa shape index (κ3) is 4.83. The van der Waals surface area contributed by atoms with Crippen molar-refractivity contribution in [3.63, 3.8) is 0 Å². The van der Waals surface area contributed by atoms with Gasteiger partial charge in [0.05, 0.1) is 18.9 Å². The SMILES string of the molecule is Cc1ccc2nc(C(C)C)c(S(=O)(=O)N3CC4(COC4)C3)n2c1.O=CNC1CCC(F)(F)CC1. The average Bonchev–Trinajstić information content (AvgIpc) is 3.08. The highest BCUT2D eigenvalue weighted by molar-refractivity contribution is 7.89. The highest BCUT2D eigenvalue weighted by atomic mass is 32.2. The molecule has 1 saturated carbocycles. The lowest BCUT2D eigenvalue weighted by atomic mass is 9.80. The maximum Gasteiger partial charge on any atom is 0.261 e. The molecule has 0 bridgehead atoms. The largest absolute Gasteiger partial charge is 0.380 e. The molecule has 0 radical (unpaired) electrons. The Bertz CT molecular complexity index is 1140. The Labute approximate surface area is 198 Å². The van der Waals surface area contributed by atoms with E-state index >= 15 is 0 Å². The molecule has 188 valence electrons. The molecule has 1 spiro atoms. The van der Waals surface area contributed by atoms with Crippen molar-refractivity contribution < 1.29 is 26.7 Å². The molecule has 2 aromatic rings. The number of imidazole rings is 1. The van der Waals surface area contributed by atoms with E-state index < -0.39 is 15.9 Å². The van der Waals surface area contributed by atoms with Gasteiger partial charge in [-0.2, -0.15) is 4.31 Å². The van der Waals surface area contributed by atoms with Crippen LogP contribution in [0.5, 0.6) is 0 Å². The minimum absolute atomic E-state index is 0.0351. The molecular weight excluding hydrogens is 466 g/mol. The molecule has 1 N–H and O–H groups in total. The summed E-state index contributed by atoms with van der Waals surface area (Å²) in [6, 6.07) is 3.79. The van der Waals surface area contributed by atoms with Crippen LogP contribution in [-0.2, 0) is 19.6 Å². The predicted molar refractivity (Wildman–Crippen MR) is 122 cm³/mol. The second-order valence-corrected chi connectivity index (χ2v) is 11.9. The number of rotatable bonds is 5. The van der Waals surface area contributed by atoms with Crippen LogP contribution in [0.25, 0.3) is 5.65 Å². The Morgan fingerprint density at radius 2 is 1.85 bits per heavy atom. The molecule has 2 saturated heterocycles. The van der Waals surface area contributed by atoms with Crippen molar-refractivity contribution in [2.24, 2.45) is 5.41 Å². The van der Waals surface area contributed by atoms with Crippen LogP contribution < -0.4 is 5.32 Å². The first kappa shape index (κ1) is 25.0. The lowest BCUT2D eigenvalue weighted by molar-refractivity contribution is -0.166. The summed E-state index contributed by atoms with van der Waals surface area (Å²) in [5, 5.41) is 2.83. The second kappa shape index (κ2) is 9.16. The number of sulfonamides is 1. The van der Waals surface area contributed by atoms with Gasteiger partial charge in [0, 0.05) is 43.6 Å². The predicted octanol–water partition coefficient (Wildman–Crippen LogP) is 3.10. The smallest absolute Gasteiger partial charge is 0.261 e. The maximum atomic E-state index is 13.2. The molecule has 11 heteroatoms. The number of nitrogens with zero attached hydrogens (tertiary/aromatic N) is 3. The Balaban J connectivity index is 0.000000210. The molecule has 8 nitrogen and oxygen atoms in total. The Hall–Kier alpha value is -2.11. The molecule has 2 aliphatic heterocycles. The minimum atomic E-state index is -3.55. The molecule has 5 rings (SSSR count). The number of fused-ring (bicyclic) bond motifs is 1. The van der Waals surface area contributed by atoms with Gasteiger partial charge in [0.15, 0.2) is 5.03 Å². The van der Waals surface area contributed by atoms with E-state index in [1.54, 1.807) is 8.71 Å². The molecule has 0 aromatic carbocycles. The number of halogens is 2. The molecule has 3 aliphatic rings. The topological polar surface area (TPSA) is 93.0 Å². The number of carbonyl (C=O) groups excluding carboxylic acids is 1. The fraction of sp³-hybridized carbons (Fsp3) is 0.652. The van der Waals surface area contributed by atoms with Gasteiger partial charge in [-0.1, -0.05) is 19.9 Å². The van der Waals surface area contributed by atoms with Crippen LogP contribution in [0, 0.1) is 12.3 Å². The summed E-state index contributed by atoms with van der Waals surface area (Å²) >= 11 is 0. The summed E-state index contributed by atoms with van der Waals surface area (Å²) in [6.45, 7) is 8.34. The van der Waals surface area contributed by atoms with Gasteiger partial charge in [0.1, 0.15) is 5.65 Å². The number of aromatic nitrogens is 2. The van der Waals surface area contributed by atoms with Crippen LogP contribution in [0.4, 0.5) is 8.78 Å². The third-order valence-electron chi connectivity index (χ3n) is 6.74. The van der Waals surface area contributed by atoms with E-state index in [0.717, 1.165) is 5.56 Å².